The number of hydrogen-bond donors (Lipinski definition) is 1. The average Bonchev–Trinajstić information content (AvgIpc) is 3.12. The zero-order chi connectivity index (χ0) is 15.6. The molecule has 3 aliphatic rings. The van der Waals surface area contributed by atoms with Crippen molar-refractivity contribution in [1.29, 1.82) is 0 Å². The molecule has 0 radical (unpaired) electrons. The number of carbonyl (C=O) groups excluding carboxylic acids is 2. The van der Waals surface area contributed by atoms with Gasteiger partial charge in [0.25, 0.3) is 0 Å². The molecule has 7 heteroatoms. The third-order valence-corrected chi connectivity index (χ3v) is 6.28. The third-order valence-electron chi connectivity index (χ3n) is 5.35. The minimum Gasteiger partial charge on any atom is -0.274 e. The Kier molecular flexibility index (Phi) is 2.77. The molecule has 1 aliphatic heterocycles. The fourth-order valence-corrected chi connectivity index (χ4v) is 4.96. The second-order valence-electron chi connectivity index (χ2n) is 6.44. The predicted octanol–water partition coefficient (Wildman–Crippen LogP) is 0.869. The van der Waals surface area contributed by atoms with Crippen LogP contribution in [0, 0.1) is 23.7 Å². The number of nitrogens with two attached hydrogens (primary N) is 1. The number of rotatable bonds is 2. The van der Waals surface area contributed by atoms with E-state index < -0.39 is 10.0 Å². The number of carbonyl (C=O) groups is 2. The van der Waals surface area contributed by atoms with Crippen molar-refractivity contribution in [2.45, 2.75) is 24.2 Å². The molecule has 2 aliphatic carbocycles. The zero-order valence-electron chi connectivity index (χ0n) is 11.8. The van der Waals surface area contributed by atoms with Crippen molar-refractivity contribution in [2.75, 3.05) is 4.90 Å². The van der Waals surface area contributed by atoms with E-state index in [0.29, 0.717) is 17.5 Å². The van der Waals surface area contributed by atoms with Crippen molar-refractivity contribution in [1.82, 2.24) is 0 Å². The van der Waals surface area contributed by atoms with Crippen molar-refractivity contribution >= 4 is 27.5 Å². The van der Waals surface area contributed by atoms with Crippen molar-refractivity contribution in [3.8, 4) is 0 Å². The van der Waals surface area contributed by atoms with Crippen LogP contribution in [-0.2, 0) is 19.6 Å². The molecule has 1 saturated heterocycles. The van der Waals surface area contributed by atoms with Crippen LogP contribution < -0.4 is 10.0 Å². The maximum absolute atomic E-state index is 12.6. The highest BCUT2D eigenvalue weighted by molar-refractivity contribution is 7.89. The topological polar surface area (TPSA) is 97.5 Å². The lowest BCUT2D eigenvalue weighted by atomic mass is 9.81. The van der Waals surface area contributed by atoms with Gasteiger partial charge in [-0.3, -0.25) is 14.5 Å². The highest BCUT2D eigenvalue weighted by atomic mass is 32.2. The first-order valence-corrected chi connectivity index (χ1v) is 8.93. The SMILES string of the molecule is NS(=O)(=O)c1ccc(N2C(=O)C3C4CCC(C4)C3C2=O)cc1. The van der Waals surface area contributed by atoms with Gasteiger partial charge in [0.1, 0.15) is 0 Å². The highest BCUT2D eigenvalue weighted by Gasteiger charge is 2.61. The predicted molar refractivity (Wildman–Crippen MR) is 78.1 cm³/mol. The lowest BCUT2D eigenvalue weighted by molar-refractivity contribution is -0.123. The van der Waals surface area contributed by atoms with Gasteiger partial charge in [-0.05, 0) is 55.4 Å². The Bertz CT molecular complexity index is 743. The minimum atomic E-state index is -3.78. The molecule has 1 aromatic rings. The summed E-state index contributed by atoms with van der Waals surface area (Å²) in [5.41, 5.74) is 0.427. The van der Waals surface area contributed by atoms with Gasteiger partial charge in [-0.2, -0.15) is 0 Å². The first-order valence-electron chi connectivity index (χ1n) is 7.38. The van der Waals surface area contributed by atoms with E-state index in [4.69, 9.17) is 5.14 Å². The summed E-state index contributed by atoms with van der Waals surface area (Å²) in [6.45, 7) is 0. The van der Waals surface area contributed by atoms with Crippen LogP contribution in [0.2, 0.25) is 0 Å². The molecule has 2 saturated carbocycles. The van der Waals surface area contributed by atoms with Gasteiger partial charge < -0.3 is 0 Å². The maximum atomic E-state index is 12.6. The Morgan fingerprint density at radius 1 is 0.955 bits per heavy atom. The lowest BCUT2D eigenvalue weighted by Crippen LogP contribution is -2.32. The first-order chi connectivity index (χ1) is 10.4. The summed E-state index contributed by atoms with van der Waals surface area (Å²) in [5, 5.41) is 5.06. The molecular weight excluding hydrogens is 304 g/mol. The van der Waals surface area contributed by atoms with Gasteiger partial charge in [0.05, 0.1) is 22.4 Å². The number of benzene rings is 1. The Labute approximate surface area is 128 Å². The summed E-state index contributed by atoms with van der Waals surface area (Å²) in [5.74, 6) is 0.0460. The summed E-state index contributed by atoms with van der Waals surface area (Å²) in [6.07, 6.45) is 3.05. The smallest absolute Gasteiger partial charge is 0.238 e. The molecule has 0 spiro atoms. The van der Waals surface area contributed by atoms with E-state index in [1.165, 1.54) is 29.2 Å². The number of hydrogen-bond acceptors (Lipinski definition) is 4. The molecule has 4 unspecified atom stereocenters. The van der Waals surface area contributed by atoms with Crippen LogP contribution in [0.3, 0.4) is 0 Å². The number of fused-ring (bicyclic) bond motifs is 5. The van der Waals surface area contributed by atoms with Crippen molar-refractivity contribution in [2.24, 2.45) is 28.8 Å². The van der Waals surface area contributed by atoms with E-state index in [2.05, 4.69) is 0 Å². The molecule has 1 heterocycles. The van der Waals surface area contributed by atoms with Crippen LogP contribution in [-0.4, -0.2) is 20.2 Å². The van der Waals surface area contributed by atoms with E-state index >= 15 is 0 Å². The fourth-order valence-electron chi connectivity index (χ4n) is 4.45. The van der Waals surface area contributed by atoms with Gasteiger partial charge in [0.15, 0.2) is 0 Å². The molecule has 0 aromatic heterocycles. The number of imide groups is 1. The quantitative estimate of drug-likeness (QED) is 0.818. The van der Waals surface area contributed by atoms with Gasteiger partial charge in [0, 0.05) is 0 Å². The Balaban J connectivity index is 1.69. The number of nitrogens with zero attached hydrogens (tertiary/aromatic N) is 1. The molecule has 22 heavy (non-hydrogen) atoms. The van der Waals surface area contributed by atoms with E-state index in [0.717, 1.165) is 19.3 Å². The molecule has 116 valence electrons. The Morgan fingerprint density at radius 3 is 1.91 bits per heavy atom. The summed E-state index contributed by atoms with van der Waals surface area (Å²) < 4.78 is 22.6. The van der Waals surface area contributed by atoms with E-state index in [9.17, 15) is 18.0 Å². The fraction of sp³-hybridized carbons (Fsp3) is 0.467. The molecule has 4 rings (SSSR count). The van der Waals surface area contributed by atoms with E-state index in [-0.39, 0.29) is 28.5 Å². The molecule has 2 amide bonds. The van der Waals surface area contributed by atoms with E-state index in [1.54, 1.807) is 0 Å². The number of primary sulfonamides is 1. The van der Waals surface area contributed by atoms with Crippen molar-refractivity contribution in [3.05, 3.63) is 24.3 Å². The van der Waals surface area contributed by atoms with Crippen molar-refractivity contribution < 1.29 is 18.0 Å². The first kappa shape index (κ1) is 13.9. The molecule has 2 N–H and O–H groups in total. The normalized spacial score (nSPS) is 33.6. The lowest BCUT2D eigenvalue weighted by Gasteiger charge is -2.19. The summed E-state index contributed by atoms with van der Waals surface area (Å²) in [4.78, 5) is 26.5. The molecule has 6 nitrogen and oxygen atoms in total. The summed E-state index contributed by atoms with van der Waals surface area (Å²) >= 11 is 0. The number of amides is 2. The highest BCUT2D eigenvalue weighted by Crippen LogP contribution is 2.56. The largest absolute Gasteiger partial charge is 0.274 e. The van der Waals surface area contributed by atoms with Crippen molar-refractivity contribution in [3.63, 3.8) is 0 Å². The molecule has 3 fully saturated rings. The second-order valence-corrected chi connectivity index (χ2v) is 8.00. The van der Waals surface area contributed by atoms with Crippen LogP contribution in [0.4, 0.5) is 5.69 Å². The molecule has 1 aromatic carbocycles. The monoisotopic (exact) mass is 320 g/mol. The Morgan fingerprint density at radius 2 is 1.45 bits per heavy atom. The average molecular weight is 320 g/mol. The zero-order valence-corrected chi connectivity index (χ0v) is 12.6. The van der Waals surface area contributed by atoms with Gasteiger partial charge in [-0.25, -0.2) is 13.6 Å². The van der Waals surface area contributed by atoms with E-state index in [1.807, 2.05) is 0 Å². The minimum absolute atomic E-state index is 0.0318. The van der Waals surface area contributed by atoms with Crippen LogP contribution >= 0.6 is 0 Å². The van der Waals surface area contributed by atoms with Gasteiger partial charge in [-0.15, -0.1) is 0 Å². The van der Waals surface area contributed by atoms with Gasteiger partial charge >= 0.3 is 0 Å². The van der Waals surface area contributed by atoms with Crippen LogP contribution in [0.25, 0.3) is 0 Å². The van der Waals surface area contributed by atoms with Gasteiger partial charge in [0.2, 0.25) is 21.8 Å². The standard InChI is InChI=1S/C15H16N2O4S/c16-22(20,21)11-5-3-10(4-6-11)17-14(18)12-8-1-2-9(7-8)13(12)15(17)19/h3-6,8-9,12-13H,1-2,7H2,(H2,16,20,21). The number of anilines is 1. The molecule has 4 atom stereocenters. The molecule has 2 bridgehead atoms. The number of sulfonamides is 1. The Hall–Kier alpha value is -1.73. The summed E-state index contributed by atoms with van der Waals surface area (Å²) in [7, 11) is -3.78. The molecular formula is C15H16N2O4S. The van der Waals surface area contributed by atoms with Crippen LogP contribution in [0.15, 0.2) is 29.2 Å². The second kappa shape index (κ2) is 4.39. The maximum Gasteiger partial charge on any atom is 0.238 e. The van der Waals surface area contributed by atoms with Crippen LogP contribution in [0.1, 0.15) is 19.3 Å². The van der Waals surface area contributed by atoms with Crippen LogP contribution in [0.5, 0.6) is 0 Å². The summed E-state index contributed by atoms with van der Waals surface area (Å²) in [6, 6.07) is 5.60. The van der Waals surface area contributed by atoms with Gasteiger partial charge in [-0.1, -0.05) is 0 Å². The third kappa shape index (κ3) is 1.78.